The average Bonchev–Trinajstić information content (AvgIpc) is 2.54. The largest absolute Gasteiger partial charge is 0.298 e. The molecule has 0 saturated heterocycles. The van der Waals surface area contributed by atoms with E-state index in [0.29, 0.717) is 0 Å². The van der Waals surface area contributed by atoms with Crippen LogP contribution in [0.25, 0.3) is 5.57 Å². The average molecular weight is 196 g/mol. The Morgan fingerprint density at radius 2 is 1.85 bits per heavy atom. The van der Waals surface area contributed by atoms with Gasteiger partial charge in [-0.15, -0.1) is 12.4 Å². The van der Waals surface area contributed by atoms with Crippen LogP contribution in [0.4, 0.5) is 0 Å². The lowest BCUT2D eigenvalue weighted by Crippen LogP contribution is -2.13. The predicted octanol–water partition coefficient (Wildman–Crippen LogP) is 2.44. The first-order valence-corrected chi connectivity index (χ1v) is 4.29. The Balaban J connectivity index is 0.000000845. The number of halogens is 1. The van der Waals surface area contributed by atoms with Gasteiger partial charge in [-0.25, -0.2) is 0 Å². The van der Waals surface area contributed by atoms with Crippen molar-refractivity contribution in [3.63, 3.8) is 0 Å². The molecule has 0 fully saturated rings. The van der Waals surface area contributed by atoms with Gasteiger partial charge >= 0.3 is 0 Å². The summed E-state index contributed by atoms with van der Waals surface area (Å²) in [5.41, 5.74) is 2.82. The third kappa shape index (κ3) is 2.33. The molecule has 0 saturated carbocycles. The fourth-order valence-electron chi connectivity index (χ4n) is 1.55. The summed E-state index contributed by atoms with van der Waals surface area (Å²) < 4.78 is 0. The summed E-state index contributed by atoms with van der Waals surface area (Å²) in [5.74, 6) is 0. The highest BCUT2D eigenvalue weighted by molar-refractivity contribution is 5.85. The zero-order chi connectivity index (χ0) is 8.39. The molecule has 1 aliphatic heterocycles. The fourth-order valence-corrected chi connectivity index (χ4v) is 1.55. The second kappa shape index (κ2) is 4.45. The van der Waals surface area contributed by atoms with Gasteiger partial charge in [-0.3, -0.25) is 4.90 Å². The number of rotatable bonds is 1. The molecule has 1 nitrogen and oxygen atoms in total. The summed E-state index contributed by atoms with van der Waals surface area (Å²) in [6.07, 6.45) is 2.30. The molecule has 0 aliphatic carbocycles. The Hall–Kier alpha value is -0.790. The van der Waals surface area contributed by atoms with Crippen molar-refractivity contribution < 1.29 is 0 Å². The van der Waals surface area contributed by atoms with Crippen molar-refractivity contribution in [2.45, 2.75) is 0 Å². The first-order chi connectivity index (χ1) is 5.86. The van der Waals surface area contributed by atoms with Crippen molar-refractivity contribution in [1.29, 1.82) is 0 Å². The summed E-state index contributed by atoms with van der Waals surface area (Å²) in [4.78, 5) is 2.31. The first kappa shape index (κ1) is 10.3. The molecular weight excluding hydrogens is 182 g/mol. The van der Waals surface area contributed by atoms with E-state index >= 15 is 0 Å². The van der Waals surface area contributed by atoms with Crippen molar-refractivity contribution in [2.24, 2.45) is 0 Å². The van der Waals surface area contributed by atoms with E-state index in [1.54, 1.807) is 0 Å². The molecule has 0 unspecified atom stereocenters. The molecule has 0 atom stereocenters. The standard InChI is InChI=1S/C11H13N.ClH/c1-12-8-7-11(9-12)10-5-3-2-4-6-10;/h2-7H,8-9H2,1H3;1H. The highest BCUT2D eigenvalue weighted by Crippen LogP contribution is 2.18. The summed E-state index contributed by atoms with van der Waals surface area (Å²) in [7, 11) is 2.15. The molecule has 1 aliphatic rings. The van der Waals surface area contributed by atoms with Gasteiger partial charge in [-0.1, -0.05) is 36.4 Å². The first-order valence-electron chi connectivity index (χ1n) is 4.29. The Morgan fingerprint density at radius 1 is 1.15 bits per heavy atom. The van der Waals surface area contributed by atoms with E-state index in [1.165, 1.54) is 11.1 Å². The third-order valence-electron chi connectivity index (χ3n) is 2.23. The number of nitrogens with zero attached hydrogens (tertiary/aromatic N) is 1. The molecule has 13 heavy (non-hydrogen) atoms. The normalized spacial score (nSPS) is 16.5. The predicted molar refractivity (Wildman–Crippen MR) is 59.2 cm³/mol. The molecule has 1 aromatic rings. The smallest absolute Gasteiger partial charge is 0.0237 e. The summed E-state index contributed by atoms with van der Waals surface area (Å²) >= 11 is 0. The van der Waals surface area contributed by atoms with Crippen LogP contribution in [0.1, 0.15) is 5.56 Å². The fraction of sp³-hybridized carbons (Fsp3) is 0.273. The molecule has 1 aromatic carbocycles. The van der Waals surface area contributed by atoms with Crippen molar-refractivity contribution in [3.05, 3.63) is 42.0 Å². The molecule has 0 radical (unpaired) electrons. The lowest BCUT2D eigenvalue weighted by atomic mass is 10.1. The maximum atomic E-state index is 2.31. The molecule has 0 spiro atoms. The second-order valence-corrected chi connectivity index (χ2v) is 3.29. The molecule has 0 aromatic heterocycles. The molecule has 0 amide bonds. The van der Waals surface area contributed by atoms with Gasteiger partial charge in [0.2, 0.25) is 0 Å². The van der Waals surface area contributed by atoms with Gasteiger partial charge in [0, 0.05) is 13.1 Å². The minimum absolute atomic E-state index is 0. The summed E-state index contributed by atoms with van der Waals surface area (Å²) in [5, 5.41) is 0. The highest BCUT2D eigenvalue weighted by atomic mass is 35.5. The van der Waals surface area contributed by atoms with Crippen LogP contribution < -0.4 is 0 Å². The van der Waals surface area contributed by atoms with Gasteiger partial charge in [-0.2, -0.15) is 0 Å². The quantitative estimate of drug-likeness (QED) is 0.666. The number of benzene rings is 1. The van der Waals surface area contributed by atoms with Crippen molar-refractivity contribution >= 4 is 18.0 Å². The van der Waals surface area contributed by atoms with Gasteiger partial charge in [-0.05, 0) is 18.2 Å². The van der Waals surface area contributed by atoms with Crippen LogP contribution in [0.5, 0.6) is 0 Å². The second-order valence-electron chi connectivity index (χ2n) is 3.29. The van der Waals surface area contributed by atoms with Gasteiger partial charge in [0.1, 0.15) is 0 Å². The number of hydrogen-bond donors (Lipinski definition) is 0. The molecular formula is C11H14ClN. The van der Waals surface area contributed by atoms with Crippen LogP contribution in [0.15, 0.2) is 36.4 Å². The molecule has 1 heterocycles. The van der Waals surface area contributed by atoms with Crippen LogP contribution in [0.3, 0.4) is 0 Å². The molecule has 0 N–H and O–H groups in total. The lowest BCUT2D eigenvalue weighted by Gasteiger charge is -2.07. The minimum atomic E-state index is 0. The zero-order valence-corrected chi connectivity index (χ0v) is 8.55. The Morgan fingerprint density at radius 3 is 2.38 bits per heavy atom. The summed E-state index contributed by atoms with van der Waals surface area (Å²) in [6, 6.07) is 10.6. The van der Waals surface area contributed by atoms with E-state index in [4.69, 9.17) is 0 Å². The van der Waals surface area contributed by atoms with Crippen LogP contribution >= 0.6 is 12.4 Å². The molecule has 70 valence electrons. The lowest BCUT2D eigenvalue weighted by molar-refractivity contribution is 0.438. The van der Waals surface area contributed by atoms with Gasteiger partial charge < -0.3 is 0 Å². The van der Waals surface area contributed by atoms with Crippen molar-refractivity contribution in [3.8, 4) is 0 Å². The van der Waals surface area contributed by atoms with E-state index < -0.39 is 0 Å². The topological polar surface area (TPSA) is 3.24 Å². The maximum Gasteiger partial charge on any atom is 0.0237 e. The van der Waals surface area contributed by atoms with E-state index in [2.05, 4.69) is 48.4 Å². The SMILES string of the molecule is CN1CC=C(c2ccccc2)C1.Cl. The summed E-state index contributed by atoms with van der Waals surface area (Å²) in [6.45, 7) is 2.17. The van der Waals surface area contributed by atoms with Crippen LogP contribution in [-0.2, 0) is 0 Å². The monoisotopic (exact) mass is 195 g/mol. The Kier molecular flexibility index (Phi) is 3.52. The van der Waals surface area contributed by atoms with E-state index in [0.717, 1.165) is 13.1 Å². The zero-order valence-electron chi connectivity index (χ0n) is 7.73. The highest BCUT2D eigenvalue weighted by Gasteiger charge is 2.10. The van der Waals surface area contributed by atoms with E-state index in [1.807, 2.05) is 0 Å². The van der Waals surface area contributed by atoms with Gasteiger partial charge in [0.15, 0.2) is 0 Å². The van der Waals surface area contributed by atoms with E-state index in [-0.39, 0.29) is 12.4 Å². The van der Waals surface area contributed by atoms with Crippen LogP contribution in [-0.4, -0.2) is 25.0 Å². The maximum absolute atomic E-state index is 2.31. The number of hydrogen-bond acceptors (Lipinski definition) is 1. The number of likely N-dealkylation sites (N-methyl/N-ethyl adjacent to an activating group) is 1. The van der Waals surface area contributed by atoms with Crippen molar-refractivity contribution in [1.82, 2.24) is 4.90 Å². The molecule has 0 bridgehead atoms. The van der Waals surface area contributed by atoms with E-state index in [9.17, 15) is 0 Å². The van der Waals surface area contributed by atoms with Gasteiger partial charge in [0.25, 0.3) is 0 Å². The van der Waals surface area contributed by atoms with Crippen LogP contribution in [0, 0.1) is 0 Å². The molecule has 2 rings (SSSR count). The Labute approximate surface area is 85.5 Å². The molecule has 2 heteroatoms. The minimum Gasteiger partial charge on any atom is -0.298 e. The third-order valence-corrected chi connectivity index (χ3v) is 2.23. The van der Waals surface area contributed by atoms with Crippen LogP contribution in [0.2, 0.25) is 0 Å². The van der Waals surface area contributed by atoms with Crippen molar-refractivity contribution in [2.75, 3.05) is 20.1 Å². The Bertz CT molecular complexity index is 292. The van der Waals surface area contributed by atoms with Gasteiger partial charge in [0.05, 0.1) is 0 Å².